The van der Waals surface area contributed by atoms with Crippen molar-refractivity contribution in [2.75, 3.05) is 19.8 Å². The van der Waals surface area contributed by atoms with Crippen molar-refractivity contribution in [2.24, 2.45) is 5.92 Å². The largest absolute Gasteiger partial charge is 0.491 e. The van der Waals surface area contributed by atoms with E-state index < -0.39 is 29.9 Å². The summed E-state index contributed by atoms with van der Waals surface area (Å²) >= 11 is 6.12. The number of hydrogen-bond acceptors (Lipinski definition) is 7. The molecule has 0 unspecified atom stereocenters. The standard InChI is InChI=1S/C41H45ClN4O7/c1-27(2)34-26-52-35-17-8-7-16-32(35)40(49)45-33(20-21-39(48)46(24-38(47)44-34)23-29-12-5-4-6-13-29)41(50)43-28(3)25-51-36-18-9-10-19-37(36)53-31-15-11-14-30(42)22-31/h4-19,22,27-28,33-34H,20-21,23-26H2,1-3H3,(H,43,50)(H,44,47)(H,45,49)/t28-,33+,34-/m1/s1. The second kappa shape index (κ2) is 18.8. The molecule has 0 aliphatic carbocycles. The highest BCUT2D eigenvalue weighted by atomic mass is 35.5. The Bertz CT molecular complexity index is 1870. The monoisotopic (exact) mass is 740 g/mol. The predicted octanol–water partition coefficient (Wildman–Crippen LogP) is 6.16. The summed E-state index contributed by atoms with van der Waals surface area (Å²) in [6, 6.07) is 28.2. The van der Waals surface area contributed by atoms with Crippen molar-refractivity contribution in [1.82, 2.24) is 20.9 Å². The highest BCUT2D eigenvalue weighted by molar-refractivity contribution is 6.30. The fourth-order valence-electron chi connectivity index (χ4n) is 5.66. The van der Waals surface area contributed by atoms with Crippen LogP contribution in [0, 0.1) is 5.92 Å². The van der Waals surface area contributed by atoms with Gasteiger partial charge in [-0.05, 0) is 67.3 Å². The quantitative estimate of drug-likeness (QED) is 0.177. The Morgan fingerprint density at radius 3 is 2.38 bits per heavy atom. The van der Waals surface area contributed by atoms with Crippen LogP contribution in [-0.2, 0) is 20.9 Å². The van der Waals surface area contributed by atoms with E-state index in [0.717, 1.165) is 5.56 Å². The molecule has 4 aromatic rings. The highest BCUT2D eigenvalue weighted by Gasteiger charge is 2.28. The molecule has 0 aromatic heterocycles. The van der Waals surface area contributed by atoms with Gasteiger partial charge in [-0.3, -0.25) is 19.2 Å². The van der Waals surface area contributed by atoms with Crippen molar-refractivity contribution in [3.05, 3.63) is 119 Å². The molecule has 5 rings (SSSR count). The van der Waals surface area contributed by atoms with Crippen LogP contribution < -0.4 is 30.2 Å². The molecule has 53 heavy (non-hydrogen) atoms. The summed E-state index contributed by atoms with van der Waals surface area (Å²) in [5.74, 6) is 0.0618. The van der Waals surface area contributed by atoms with E-state index in [1.54, 1.807) is 67.6 Å². The molecule has 12 heteroatoms. The molecule has 278 valence electrons. The van der Waals surface area contributed by atoms with Gasteiger partial charge in [0.2, 0.25) is 17.7 Å². The maximum atomic E-state index is 13.8. The summed E-state index contributed by atoms with van der Waals surface area (Å²) in [5, 5.41) is 9.29. The van der Waals surface area contributed by atoms with Crippen molar-refractivity contribution in [1.29, 1.82) is 0 Å². The van der Waals surface area contributed by atoms with E-state index in [1.807, 2.05) is 56.3 Å². The van der Waals surface area contributed by atoms with E-state index in [-0.39, 0.29) is 62.4 Å². The van der Waals surface area contributed by atoms with E-state index in [2.05, 4.69) is 16.0 Å². The molecule has 4 aromatic carbocycles. The number of para-hydroxylation sites is 3. The predicted molar refractivity (Wildman–Crippen MR) is 202 cm³/mol. The van der Waals surface area contributed by atoms with Crippen LogP contribution in [0.15, 0.2) is 103 Å². The third-order valence-corrected chi connectivity index (χ3v) is 8.86. The minimum absolute atomic E-state index is 0.00286. The van der Waals surface area contributed by atoms with Gasteiger partial charge in [-0.2, -0.15) is 0 Å². The Kier molecular flexibility index (Phi) is 13.7. The first-order valence-electron chi connectivity index (χ1n) is 17.6. The number of carbonyl (C=O) groups excluding carboxylic acids is 4. The van der Waals surface area contributed by atoms with E-state index in [4.69, 9.17) is 25.8 Å². The van der Waals surface area contributed by atoms with Crippen LogP contribution in [0.5, 0.6) is 23.0 Å². The van der Waals surface area contributed by atoms with Gasteiger partial charge in [0.15, 0.2) is 11.5 Å². The molecule has 0 saturated carbocycles. The van der Waals surface area contributed by atoms with Gasteiger partial charge in [0, 0.05) is 18.0 Å². The molecule has 0 spiro atoms. The SMILES string of the molecule is CC(C)[C@H]1COc2ccccc2C(=O)N[C@H](C(=O)N[C@H](C)COc2ccccc2Oc2cccc(Cl)c2)CCC(=O)N(Cc2ccccc2)CC(=O)N1. The Morgan fingerprint density at radius 1 is 0.906 bits per heavy atom. The molecule has 3 atom stereocenters. The number of benzene rings is 4. The smallest absolute Gasteiger partial charge is 0.255 e. The van der Waals surface area contributed by atoms with Gasteiger partial charge in [0.25, 0.3) is 5.91 Å². The van der Waals surface area contributed by atoms with Crippen LogP contribution in [0.25, 0.3) is 0 Å². The van der Waals surface area contributed by atoms with Gasteiger partial charge in [-0.25, -0.2) is 0 Å². The second-order valence-electron chi connectivity index (χ2n) is 13.3. The fraction of sp³-hybridized carbons (Fsp3) is 0.317. The first kappa shape index (κ1) is 38.7. The average Bonchev–Trinajstić information content (AvgIpc) is 3.14. The van der Waals surface area contributed by atoms with Gasteiger partial charge < -0.3 is 35.1 Å². The maximum Gasteiger partial charge on any atom is 0.255 e. The molecule has 0 bridgehead atoms. The Balaban J connectivity index is 1.33. The molecule has 11 nitrogen and oxygen atoms in total. The summed E-state index contributed by atoms with van der Waals surface area (Å²) < 4.78 is 18.1. The number of amides is 4. The summed E-state index contributed by atoms with van der Waals surface area (Å²) in [5.41, 5.74) is 1.07. The summed E-state index contributed by atoms with van der Waals surface area (Å²) in [6.07, 6.45) is -0.131. The lowest BCUT2D eigenvalue weighted by atomic mass is 10.1. The zero-order valence-corrected chi connectivity index (χ0v) is 30.8. The summed E-state index contributed by atoms with van der Waals surface area (Å²) in [6.45, 7) is 5.86. The third-order valence-electron chi connectivity index (χ3n) is 8.62. The molecule has 0 fully saturated rings. The number of halogens is 1. The van der Waals surface area contributed by atoms with Crippen LogP contribution in [0.2, 0.25) is 5.02 Å². The first-order chi connectivity index (χ1) is 25.5. The summed E-state index contributed by atoms with van der Waals surface area (Å²) in [4.78, 5) is 56.1. The number of rotatable bonds is 10. The molecule has 3 N–H and O–H groups in total. The summed E-state index contributed by atoms with van der Waals surface area (Å²) in [7, 11) is 0. The normalized spacial score (nSPS) is 17.6. The molecule has 0 saturated heterocycles. The van der Waals surface area contributed by atoms with Gasteiger partial charge in [0.05, 0.1) is 24.2 Å². The van der Waals surface area contributed by atoms with Crippen molar-refractivity contribution >= 4 is 35.2 Å². The lowest BCUT2D eigenvalue weighted by Gasteiger charge is -2.26. The molecule has 1 aliphatic rings. The first-order valence-corrected chi connectivity index (χ1v) is 18.0. The van der Waals surface area contributed by atoms with Gasteiger partial charge in [-0.15, -0.1) is 0 Å². The topological polar surface area (TPSA) is 135 Å². The van der Waals surface area contributed by atoms with Crippen molar-refractivity contribution in [3.8, 4) is 23.0 Å². The van der Waals surface area contributed by atoms with E-state index in [1.165, 1.54) is 4.90 Å². The Hall–Kier alpha value is -5.55. The van der Waals surface area contributed by atoms with Crippen LogP contribution in [0.3, 0.4) is 0 Å². The van der Waals surface area contributed by atoms with Crippen LogP contribution in [-0.4, -0.2) is 66.4 Å². The molecular weight excluding hydrogens is 696 g/mol. The lowest BCUT2D eigenvalue weighted by Crippen LogP contribution is -2.50. The highest BCUT2D eigenvalue weighted by Crippen LogP contribution is 2.32. The zero-order valence-electron chi connectivity index (χ0n) is 30.0. The fourth-order valence-corrected chi connectivity index (χ4v) is 5.84. The average molecular weight is 741 g/mol. The van der Waals surface area contributed by atoms with Crippen molar-refractivity contribution < 1.29 is 33.4 Å². The van der Waals surface area contributed by atoms with Crippen molar-refractivity contribution in [2.45, 2.75) is 58.3 Å². The Labute approximate surface area is 315 Å². The zero-order chi connectivity index (χ0) is 37.7. The molecular formula is C41H45ClN4O7. The lowest BCUT2D eigenvalue weighted by molar-refractivity contribution is -0.137. The van der Waals surface area contributed by atoms with Gasteiger partial charge in [-0.1, -0.05) is 86.1 Å². The van der Waals surface area contributed by atoms with E-state index in [9.17, 15) is 19.2 Å². The third kappa shape index (κ3) is 11.5. The van der Waals surface area contributed by atoms with E-state index >= 15 is 0 Å². The number of nitrogens with one attached hydrogen (secondary N) is 3. The van der Waals surface area contributed by atoms with Gasteiger partial charge >= 0.3 is 0 Å². The number of hydrogen-bond donors (Lipinski definition) is 3. The minimum Gasteiger partial charge on any atom is -0.491 e. The van der Waals surface area contributed by atoms with Crippen LogP contribution in [0.1, 0.15) is 49.5 Å². The maximum absolute atomic E-state index is 13.8. The Morgan fingerprint density at radius 2 is 1.62 bits per heavy atom. The van der Waals surface area contributed by atoms with E-state index in [0.29, 0.717) is 28.0 Å². The molecule has 1 heterocycles. The van der Waals surface area contributed by atoms with Crippen LogP contribution in [0.4, 0.5) is 0 Å². The number of ether oxygens (including phenoxy) is 3. The molecule has 4 amide bonds. The van der Waals surface area contributed by atoms with Gasteiger partial charge in [0.1, 0.15) is 30.8 Å². The minimum atomic E-state index is -1.10. The van der Waals surface area contributed by atoms with Crippen LogP contribution >= 0.6 is 11.6 Å². The number of fused-ring (bicyclic) bond motifs is 1. The molecule has 0 radical (unpaired) electrons. The molecule has 1 aliphatic heterocycles. The number of nitrogens with zero attached hydrogens (tertiary/aromatic N) is 1. The van der Waals surface area contributed by atoms with Crippen molar-refractivity contribution in [3.63, 3.8) is 0 Å². The second-order valence-corrected chi connectivity index (χ2v) is 13.7. The number of carbonyl (C=O) groups is 4.